The number of nitrogens with zero attached hydrogens (tertiary/aromatic N) is 1. The third-order valence-corrected chi connectivity index (χ3v) is 5.56. The Balaban J connectivity index is 2.26. The Labute approximate surface area is 129 Å². The molecule has 1 aliphatic carbocycles. The van der Waals surface area contributed by atoms with Crippen molar-refractivity contribution in [2.75, 3.05) is 21.1 Å². The average molecular weight is 343 g/mol. The third kappa shape index (κ3) is 3.07. The number of benzene rings is 1. The largest absolute Gasteiger partial charge is 0.315 e. The first-order valence-electron chi connectivity index (χ1n) is 7.28. The van der Waals surface area contributed by atoms with Gasteiger partial charge in [0.15, 0.2) is 0 Å². The highest BCUT2D eigenvalue weighted by atomic mass is 79.9. The van der Waals surface area contributed by atoms with Crippen molar-refractivity contribution in [1.29, 1.82) is 0 Å². The second-order valence-electron chi connectivity index (χ2n) is 5.99. The van der Waals surface area contributed by atoms with Crippen LogP contribution < -0.4 is 5.32 Å². The number of likely N-dealkylation sites (N-methyl/N-ethyl adjacent to an activating group) is 2. The van der Waals surface area contributed by atoms with Gasteiger partial charge in [-0.15, -0.1) is 0 Å². The zero-order valence-electron chi connectivity index (χ0n) is 12.5. The van der Waals surface area contributed by atoms with Crippen molar-refractivity contribution in [2.24, 2.45) is 0 Å². The van der Waals surface area contributed by atoms with Crippen LogP contribution in [0.5, 0.6) is 0 Å². The molecule has 0 amide bonds. The first-order valence-corrected chi connectivity index (χ1v) is 8.07. The van der Waals surface area contributed by atoms with E-state index in [4.69, 9.17) is 0 Å². The lowest BCUT2D eigenvalue weighted by Crippen LogP contribution is -2.57. The molecule has 0 heterocycles. The fourth-order valence-electron chi connectivity index (χ4n) is 3.57. The lowest BCUT2D eigenvalue weighted by molar-refractivity contribution is 0.108. The van der Waals surface area contributed by atoms with Gasteiger partial charge in [0.05, 0.1) is 0 Å². The van der Waals surface area contributed by atoms with Gasteiger partial charge in [0.2, 0.25) is 0 Å². The van der Waals surface area contributed by atoms with Gasteiger partial charge in [-0.3, -0.25) is 0 Å². The van der Waals surface area contributed by atoms with Gasteiger partial charge in [0.25, 0.3) is 0 Å². The predicted octanol–water partition coefficient (Wildman–Crippen LogP) is 3.59. The SMILES string of the molecule is CNC(Cc1cc(F)ccc1Br)C1(N(C)C)CCCC1. The Morgan fingerprint density at radius 2 is 2.00 bits per heavy atom. The van der Waals surface area contributed by atoms with Crippen LogP contribution in [-0.2, 0) is 6.42 Å². The van der Waals surface area contributed by atoms with E-state index in [1.807, 2.05) is 7.05 Å². The summed E-state index contributed by atoms with van der Waals surface area (Å²) in [5, 5.41) is 3.48. The molecule has 1 saturated carbocycles. The van der Waals surface area contributed by atoms with E-state index in [0.29, 0.717) is 6.04 Å². The molecule has 0 saturated heterocycles. The molecule has 1 fully saturated rings. The summed E-state index contributed by atoms with van der Waals surface area (Å²) in [5.41, 5.74) is 1.22. The fraction of sp³-hybridized carbons (Fsp3) is 0.625. The van der Waals surface area contributed by atoms with Gasteiger partial charge in [0, 0.05) is 16.1 Å². The van der Waals surface area contributed by atoms with Crippen LogP contribution >= 0.6 is 15.9 Å². The molecule has 4 heteroatoms. The molecule has 2 nitrogen and oxygen atoms in total. The number of halogens is 2. The van der Waals surface area contributed by atoms with Gasteiger partial charge >= 0.3 is 0 Å². The first kappa shape index (κ1) is 15.9. The Morgan fingerprint density at radius 3 is 2.55 bits per heavy atom. The van der Waals surface area contributed by atoms with Gasteiger partial charge in [0.1, 0.15) is 5.82 Å². The van der Waals surface area contributed by atoms with Gasteiger partial charge in [-0.1, -0.05) is 28.8 Å². The van der Waals surface area contributed by atoms with E-state index in [1.54, 1.807) is 12.1 Å². The number of hydrogen-bond donors (Lipinski definition) is 1. The second kappa shape index (κ2) is 6.54. The topological polar surface area (TPSA) is 15.3 Å². The van der Waals surface area contributed by atoms with Crippen molar-refractivity contribution in [3.8, 4) is 0 Å². The van der Waals surface area contributed by atoms with E-state index in [1.165, 1.54) is 31.7 Å². The van der Waals surface area contributed by atoms with Crippen molar-refractivity contribution >= 4 is 15.9 Å². The normalized spacial score (nSPS) is 19.5. The first-order chi connectivity index (χ1) is 9.49. The molecule has 1 aromatic carbocycles. The maximum atomic E-state index is 13.5. The highest BCUT2D eigenvalue weighted by molar-refractivity contribution is 9.10. The van der Waals surface area contributed by atoms with Crippen molar-refractivity contribution < 1.29 is 4.39 Å². The number of rotatable bonds is 5. The van der Waals surface area contributed by atoms with E-state index < -0.39 is 0 Å². The van der Waals surface area contributed by atoms with Crippen LogP contribution in [0.25, 0.3) is 0 Å². The molecule has 0 bridgehead atoms. The standard InChI is InChI=1S/C16H24BrFN2/c1-19-15(16(20(2)3)8-4-5-9-16)11-12-10-13(18)6-7-14(12)17/h6-7,10,15,19H,4-5,8-9,11H2,1-3H3. The molecule has 1 aromatic rings. The molecule has 1 atom stereocenters. The summed E-state index contributed by atoms with van der Waals surface area (Å²) in [5.74, 6) is -0.164. The molecule has 1 unspecified atom stereocenters. The summed E-state index contributed by atoms with van der Waals surface area (Å²) < 4.78 is 14.5. The maximum absolute atomic E-state index is 13.5. The van der Waals surface area contributed by atoms with Crippen LogP contribution in [-0.4, -0.2) is 37.6 Å². The van der Waals surface area contributed by atoms with Gasteiger partial charge in [-0.05, 0) is 64.2 Å². The maximum Gasteiger partial charge on any atom is 0.123 e. The monoisotopic (exact) mass is 342 g/mol. The van der Waals surface area contributed by atoms with E-state index >= 15 is 0 Å². The van der Waals surface area contributed by atoms with Crippen LogP contribution in [0.3, 0.4) is 0 Å². The fourth-order valence-corrected chi connectivity index (χ4v) is 3.98. The Kier molecular flexibility index (Phi) is 5.21. The van der Waals surface area contributed by atoms with E-state index in [2.05, 4.69) is 40.2 Å². The summed E-state index contributed by atoms with van der Waals surface area (Å²) in [7, 11) is 6.34. The van der Waals surface area contributed by atoms with Crippen LogP contribution in [0.1, 0.15) is 31.2 Å². The molecular formula is C16H24BrFN2. The van der Waals surface area contributed by atoms with Gasteiger partial charge in [-0.2, -0.15) is 0 Å². The summed E-state index contributed by atoms with van der Waals surface area (Å²) in [6.45, 7) is 0. The minimum Gasteiger partial charge on any atom is -0.315 e. The summed E-state index contributed by atoms with van der Waals surface area (Å²) >= 11 is 3.54. The van der Waals surface area contributed by atoms with Crippen LogP contribution in [0.2, 0.25) is 0 Å². The minimum absolute atomic E-state index is 0.164. The summed E-state index contributed by atoms with van der Waals surface area (Å²) in [6.07, 6.45) is 5.81. The van der Waals surface area contributed by atoms with Gasteiger partial charge in [-0.25, -0.2) is 4.39 Å². The van der Waals surface area contributed by atoms with Crippen molar-refractivity contribution in [1.82, 2.24) is 10.2 Å². The summed E-state index contributed by atoms with van der Waals surface area (Å²) in [6, 6.07) is 5.28. The lowest BCUT2D eigenvalue weighted by atomic mass is 9.83. The van der Waals surface area contributed by atoms with Crippen LogP contribution in [0, 0.1) is 5.82 Å². The lowest BCUT2D eigenvalue weighted by Gasteiger charge is -2.43. The molecule has 2 rings (SSSR count). The highest BCUT2D eigenvalue weighted by Gasteiger charge is 2.42. The quantitative estimate of drug-likeness (QED) is 0.879. The highest BCUT2D eigenvalue weighted by Crippen LogP contribution is 2.38. The zero-order chi connectivity index (χ0) is 14.8. The molecular weight excluding hydrogens is 319 g/mol. The van der Waals surface area contributed by atoms with Crippen LogP contribution in [0.4, 0.5) is 4.39 Å². The molecule has 112 valence electrons. The third-order valence-electron chi connectivity index (χ3n) is 4.79. The van der Waals surface area contributed by atoms with E-state index in [-0.39, 0.29) is 11.4 Å². The minimum atomic E-state index is -0.164. The Hall–Kier alpha value is -0.450. The van der Waals surface area contributed by atoms with E-state index in [0.717, 1.165) is 16.5 Å². The smallest absolute Gasteiger partial charge is 0.123 e. The van der Waals surface area contributed by atoms with Crippen molar-refractivity contribution in [3.63, 3.8) is 0 Å². The molecule has 1 N–H and O–H groups in total. The molecule has 0 aromatic heterocycles. The Bertz CT molecular complexity index is 456. The second-order valence-corrected chi connectivity index (χ2v) is 6.84. The molecule has 0 aliphatic heterocycles. The van der Waals surface area contributed by atoms with Crippen molar-refractivity contribution in [3.05, 3.63) is 34.1 Å². The van der Waals surface area contributed by atoms with Crippen LogP contribution in [0.15, 0.2) is 22.7 Å². The van der Waals surface area contributed by atoms with Crippen molar-refractivity contribution in [2.45, 2.75) is 43.7 Å². The molecule has 0 spiro atoms. The Morgan fingerprint density at radius 1 is 1.35 bits per heavy atom. The zero-order valence-corrected chi connectivity index (χ0v) is 14.1. The van der Waals surface area contributed by atoms with Gasteiger partial charge < -0.3 is 10.2 Å². The molecule has 0 radical (unpaired) electrons. The summed E-state index contributed by atoms with van der Waals surface area (Å²) in [4.78, 5) is 2.36. The number of hydrogen-bond acceptors (Lipinski definition) is 2. The predicted molar refractivity (Wildman–Crippen MR) is 85.5 cm³/mol. The molecule has 20 heavy (non-hydrogen) atoms. The van der Waals surface area contributed by atoms with E-state index in [9.17, 15) is 4.39 Å². The average Bonchev–Trinajstić information content (AvgIpc) is 2.90. The molecule has 1 aliphatic rings. The number of nitrogens with one attached hydrogen (secondary N) is 1.